The third kappa shape index (κ3) is 4.17. The molecule has 0 nitrogen and oxygen atoms in total. The summed E-state index contributed by atoms with van der Waals surface area (Å²) in [6.07, 6.45) is 5.64. The van der Waals surface area contributed by atoms with Gasteiger partial charge in [-0.2, -0.15) is 0 Å². The Bertz CT molecular complexity index is 1440. The van der Waals surface area contributed by atoms with Crippen molar-refractivity contribution in [1.29, 1.82) is 0 Å². The lowest BCUT2D eigenvalue weighted by molar-refractivity contribution is 0.633. The summed E-state index contributed by atoms with van der Waals surface area (Å²) in [6.45, 7) is 0. The molecule has 5 aromatic carbocycles. The minimum Gasteiger partial charge on any atom is -0.0687 e. The topological polar surface area (TPSA) is 0 Å². The number of fused-ring (bicyclic) bond motifs is 1. The lowest BCUT2D eigenvalue weighted by atomic mass is 9.67. The van der Waals surface area contributed by atoms with Crippen LogP contribution in [-0.2, 0) is 11.8 Å². The number of allylic oxidation sites excluding steroid dienone is 1. The maximum absolute atomic E-state index is 3.52. The van der Waals surface area contributed by atoms with Crippen LogP contribution in [0.25, 0.3) is 28.3 Å². The minimum absolute atomic E-state index is 0.167. The predicted molar refractivity (Wildman–Crippen MR) is 151 cm³/mol. The van der Waals surface area contributed by atoms with Crippen LogP contribution in [0.3, 0.4) is 0 Å². The summed E-state index contributed by atoms with van der Waals surface area (Å²) in [7, 11) is 0. The number of hydrogen-bond donors (Lipinski definition) is 0. The second-order valence-electron chi connectivity index (χ2n) is 9.21. The lowest BCUT2D eigenvalue weighted by Gasteiger charge is -2.36. The van der Waals surface area contributed by atoms with Gasteiger partial charge in [0.05, 0.1) is 0 Å². The average Bonchev–Trinajstić information content (AvgIpc) is 2.94. The highest BCUT2D eigenvalue weighted by molar-refractivity contribution is 9.10. The van der Waals surface area contributed by atoms with Gasteiger partial charge in [0.25, 0.3) is 0 Å². The molecule has 168 valence electrons. The van der Waals surface area contributed by atoms with Crippen molar-refractivity contribution in [3.8, 4) is 22.3 Å². The van der Waals surface area contributed by atoms with E-state index in [9.17, 15) is 0 Å². The number of rotatable bonds is 4. The molecule has 1 aliphatic carbocycles. The number of halogens is 1. The molecule has 35 heavy (non-hydrogen) atoms. The zero-order chi connectivity index (χ0) is 23.7. The third-order valence-corrected chi connectivity index (χ3v) is 7.66. The van der Waals surface area contributed by atoms with Crippen LogP contribution in [0.2, 0.25) is 0 Å². The monoisotopic (exact) mass is 512 g/mol. The lowest BCUT2D eigenvalue weighted by Crippen LogP contribution is -2.30. The first-order valence-corrected chi connectivity index (χ1v) is 12.8. The van der Waals surface area contributed by atoms with E-state index in [4.69, 9.17) is 0 Å². The Labute approximate surface area is 215 Å². The largest absolute Gasteiger partial charge is 0.0687 e. The van der Waals surface area contributed by atoms with Gasteiger partial charge >= 0.3 is 0 Å². The molecule has 0 aromatic heterocycles. The molecule has 0 amide bonds. The molecular formula is C34H25Br. The Morgan fingerprint density at radius 1 is 0.514 bits per heavy atom. The number of hydrogen-bond acceptors (Lipinski definition) is 0. The maximum Gasteiger partial charge on any atom is 0.0425 e. The molecule has 0 fully saturated rings. The van der Waals surface area contributed by atoms with E-state index in [2.05, 4.69) is 155 Å². The highest BCUT2D eigenvalue weighted by Crippen LogP contribution is 2.42. The molecule has 0 bridgehead atoms. The van der Waals surface area contributed by atoms with Gasteiger partial charge in [0, 0.05) is 9.89 Å². The SMILES string of the molecule is Brc1ccc(-c2ccc(-c3ccc4c(c3)CC(c3ccccc3)(c3ccccc3)C=C4)cc2)cc1. The molecule has 0 spiro atoms. The van der Waals surface area contributed by atoms with Crippen LogP contribution >= 0.6 is 15.9 Å². The Morgan fingerprint density at radius 3 is 1.57 bits per heavy atom. The fourth-order valence-corrected chi connectivity index (χ4v) is 5.49. The van der Waals surface area contributed by atoms with E-state index in [0.717, 1.165) is 10.9 Å². The van der Waals surface area contributed by atoms with Gasteiger partial charge in [0.1, 0.15) is 0 Å². The quantitative estimate of drug-likeness (QED) is 0.225. The van der Waals surface area contributed by atoms with Gasteiger partial charge in [-0.25, -0.2) is 0 Å². The van der Waals surface area contributed by atoms with Crippen LogP contribution in [0.4, 0.5) is 0 Å². The van der Waals surface area contributed by atoms with Crippen LogP contribution in [-0.4, -0.2) is 0 Å². The smallest absolute Gasteiger partial charge is 0.0425 e. The fraction of sp³-hybridized carbons (Fsp3) is 0.0588. The van der Waals surface area contributed by atoms with E-state index in [1.165, 1.54) is 44.5 Å². The second-order valence-corrected chi connectivity index (χ2v) is 10.1. The molecule has 0 radical (unpaired) electrons. The van der Waals surface area contributed by atoms with Gasteiger partial charge < -0.3 is 0 Å². The molecular weight excluding hydrogens is 488 g/mol. The molecule has 0 aliphatic heterocycles. The second kappa shape index (κ2) is 9.17. The standard InChI is InChI=1S/C34H25Br/c35-33-19-17-26(18-20-33)25-11-13-27(14-12-25)29-16-15-28-21-22-34(24-30(28)23-29,31-7-3-1-4-8-31)32-9-5-2-6-10-32/h1-23H,24H2. The van der Waals surface area contributed by atoms with Crippen molar-refractivity contribution in [2.45, 2.75) is 11.8 Å². The maximum atomic E-state index is 3.52. The molecule has 0 unspecified atom stereocenters. The summed E-state index contributed by atoms with van der Waals surface area (Å²) in [5.74, 6) is 0. The van der Waals surface area contributed by atoms with E-state index in [-0.39, 0.29) is 5.41 Å². The molecule has 1 heteroatoms. The normalized spacial score (nSPS) is 13.9. The average molecular weight is 513 g/mol. The van der Waals surface area contributed by atoms with Gasteiger partial charge in [-0.15, -0.1) is 0 Å². The van der Waals surface area contributed by atoms with Gasteiger partial charge in [0.15, 0.2) is 0 Å². The minimum atomic E-state index is -0.167. The summed E-state index contributed by atoms with van der Waals surface area (Å²) in [4.78, 5) is 0. The van der Waals surface area contributed by atoms with Crippen molar-refractivity contribution in [2.24, 2.45) is 0 Å². The Morgan fingerprint density at radius 2 is 1.00 bits per heavy atom. The molecule has 0 heterocycles. The van der Waals surface area contributed by atoms with E-state index >= 15 is 0 Å². The first-order chi connectivity index (χ1) is 17.2. The highest BCUT2D eigenvalue weighted by Gasteiger charge is 2.34. The number of benzene rings is 5. The van der Waals surface area contributed by atoms with Crippen molar-refractivity contribution in [1.82, 2.24) is 0 Å². The Balaban J connectivity index is 1.37. The van der Waals surface area contributed by atoms with Crippen LogP contribution in [0, 0.1) is 0 Å². The molecule has 0 saturated heterocycles. The Kier molecular flexibility index (Phi) is 5.72. The fourth-order valence-electron chi connectivity index (χ4n) is 5.22. The van der Waals surface area contributed by atoms with Crippen molar-refractivity contribution in [3.05, 3.63) is 160 Å². The molecule has 5 aromatic rings. The van der Waals surface area contributed by atoms with Crippen LogP contribution in [0.15, 0.2) is 138 Å². The first kappa shape index (κ1) is 21.8. The molecule has 0 N–H and O–H groups in total. The molecule has 0 saturated carbocycles. The summed E-state index contributed by atoms with van der Waals surface area (Å²) >= 11 is 3.52. The van der Waals surface area contributed by atoms with E-state index < -0.39 is 0 Å². The van der Waals surface area contributed by atoms with Crippen molar-refractivity contribution < 1.29 is 0 Å². The molecule has 1 aliphatic rings. The summed E-state index contributed by atoms with van der Waals surface area (Å²) in [6, 6.07) is 46.1. The van der Waals surface area contributed by atoms with Gasteiger partial charge in [-0.05, 0) is 63.1 Å². The first-order valence-electron chi connectivity index (χ1n) is 12.0. The predicted octanol–water partition coefficient (Wildman–Crippen LogP) is 9.34. The third-order valence-electron chi connectivity index (χ3n) is 7.13. The van der Waals surface area contributed by atoms with Gasteiger partial charge in [-0.1, -0.05) is 143 Å². The van der Waals surface area contributed by atoms with Crippen molar-refractivity contribution in [2.75, 3.05) is 0 Å². The molecule has 0 atom stereocenters. The van der Waals surface area contributed by atoms with Crippen LogP contribution in [0.1, 0.15) is 22.3 Å². The summed E-state index contributed by atoms with van der Waals surface area (Å²) < 4.78 is 1.10. The Hall–Kier alpha value is -3.68. The zero-order valence-electron chi connectivity index (χ0n) is 19.4. The zero-order valence-corrected chi connectivity index (χ0v) is 21.0. The van der Waals surface area contributed by atoms with Crippen molar-refractivity contribution >= 4 is 22.0 Å². The van der Waals surface area contributed by atoms with Gasteiger partial charge in [0.2, 0.25) is 0 Å². The molecule has 6 rings (SSSR count). The van der Waals surface area contributed by atoms with Crippen LogP contribution < -0.4 is 0 Å². The van der Waals surface area contributed by atoms with Crippen LogP contribution in [0.5, 0.6) is 0 Å². The van der Waals surface area contributed by atoms with Gasteiger partial charge in [-0.3, -0.25) is 0 Å². The van der Waals surface area contributed by atoms with Crippen molar-refractivity contribution in [3.63, 3.8) is 0 Å². The summed E-state index contributed by atoms with van der Waals surface area (Å²) in [5, 5.41) is 0. The van der Waals surface area contributed by atoms with E-state index in [0.29, 0.717) is 0 Å². The van der Waals surface area contributed by atoms with E-state index in [1.807, 2.05) is 0 Å². The summed E-state index contributed by atoms with van der Waals surface area (Å²) in [5.41, 5.74) is 10.1. The van der Waals surface area contributed by atoms with E-state index in [1.54, 1.807) is 0 Å². The highest BCUT2D eigenvalue weighted by atomic mass is 79.9.